The predicted molar refractivity (Wildman–Crippen MR) is 71.8 cm³/mol. The van der Waals surface area contributed by atoms with Gasteiger partial charge in [-0.2, -0.15) is 0 Å². The molecule has 1 aromatic carbocycles. The van der Waals surface area contributed by atoms with Gasteiger partial charge in [-0.15, -0.1) is 0 Å². The highest BCUT2D eigenvalue weighted by atomic mass is 16.5. The fraction of sp³-hybridized carbons (Fsp3) is 0.600. The van der Waals surface area contributed by atoms with Crippen LogP contribution in [-0.2, 0) is 11.2 Å². The Labute approximate surface area is 105 Å². The minimum Gasteiger partial charge on any atom is -0.496 e. The molecular weight excluding hydrogens is 212 g/mol. The van der Waals surface area contributed by atoms with Crippen LogP contribution in [0.15, 0.2) is 18.2 Å². The van der Waals surface area contributed by atoms with Gasteiger partial charge < -0.3 is 9.47 Å². The van der Waals surface area contributed by atoms with Gasteiger partial charge in [0.05, 0.1) is 13.2 Å². The second-order valence-corrected chi connectivity index (χ2v) is 4.49. The van der Waals surface area contributed by atoms with Crippen LogP contribution in [0.1, 0.15) is 37.3 Å². The smallest absolute Gasteiger partial charge is 0.122 e. The highest BCUT2D eigenvalue weighted by Gasteiger charge is 2.07. The summed E-state index contributed by atoms with van der Waals surface area (Å²) in [6.45, 7) is 4.26. The van der Waals surface area contributed by atoms with Crippen molar-refractivity contribution in [3.05, 3.63) is 29.3 Å². The first-order valence-electron chi connectivity index (χ1n) is 6.37. The number of hydrogen-bond acceptors (Lipinski definition) is 2. The van der Waals surface area contributed by atoms with Crippen LogP contribution in [-0.4, -0.2) is 20.3 Å². The van der Waals surface area contributed by atoms with Gasteiger partial charge in [0.2, 0.25) is 0 Å². The third-order valence-electron chi connectivity index (χ3n) is 3.17. The Hall–Kier alpha value is -1.02. The van der Waals surface area contributed by atoms with E-state index in [0.29, 0.717) is 6.10 Å². The molecule has 0 aromatic heterocycles. The highest BCUT2D eigenvalue weighted by molar-refractivity contribution is 5.36. The maximum Gasteiger partial charge on any atom is 0.122 e. The number of methoxy groups -OCH3 is 2. The number of hydrogen-bond donors (Lipinski definition) is 0. The molecule has 0 aliphatic heterocycles. The minimum absolute atomic E-state index is 0.382. The normalized spacial score (nSPS) is 12.5. The zero-order valence-electron chi connectivity index (χ0n) is 11.5. The Balaban J connectivity index is 2.56. The molecule has 0 bridgehead atoms. The molecule has 0 amide bonds. The summed E-state index contributed by atoms with van der Waals surface area (Å²) in [5.74, 6) is 0.979. The Bertz CT molecular complexity index is 334. The topological polar surface area (TPSA) is 18.5 Å². The molecule has 1 aromatic rings. The Morgan fingerprint density at radius 2 is 1.94 bits per heavy atom. The molecule has 0 N–H and O–H groups in total. The molecule has 0 saturated carbocycles. The summed E-state index contributed by atoms with van der Waals surface area (Å²) in [6, 6.07) is 6.43. The van der Waals surface area contributed by atoms with E-state index in [9.17, 15) is 0 Å². The fourth-order valence-electron chi connectivity index (χ4n) is 2.05. The zero-order valence-corrected chi connectivity index (χ0v) is 11.5. The van der Waals surface area contributed by atoms with Crippen LogP contribution < -0.4 is 4.74 Å². The standard InChI is InChI=1S/C15H24O2/c1-5-6-14(16-3)10-9-13-8-7-12(2)15(11-13)17-4/h7-8,11,14H,5-6,9-10H2,1-4H3. The van der Waals surface area contributed by atoms with Crippen molar-refractivity contribution in [2.24, 2.45) is 0 Å². The lowest BCUT2D eigenvalue weighted by atomic mass is 10.0. The Morgan fingerprint density at radius 3 is 2.53 bits per heavy atom. The van der Waals surface area contributed by atoms with E-state index >= 15 is 0 Å². The summed E-state index contributed by atoms with van der Waals surface area (Å²) in [5, 5.41) is 0. The molecule has 2 nitrogen and oxygen atoms in total. The third kappa shape index (κ3) is 4.39. The number of aryl methyl sites for hydroxylation is 2. The molecule has 96 valence electrons. The first kappa shape index (κ1) is 14.0. The van der Waals surface area contributed by atoms with E-state index in [1.165, 1.54) is 17.5 Å². The highest BCUT2D eigenvalue weighted by Crippen LogP contribution is 2.20. The van der Waals surface area contributed by atoms with Crippen LogP contribution in [0.2, 0.25) is 0 Å². The molecule has 0 heterocycles. The zero-order chi connectivity index (χ0) is 12.7. The number of benzene rings is 1. The van der Waals surface area contributed by atoms with Gasteiger partial charge >= 0.3 is 0 Å². The summed E-state index contributed by atoms with van der Waals surface area (Å²) in [7, 11) is 3.53. The summed E-state index contributed by atoms with van der Waals surface area (Å²) < 4.78 is 10.8. The van der Waals surface area contributed by atoms with Gasteiger partial charge in [0.25, 0.3) is 0 Å². The van der Waals surface area contributed by atoms with Gasteiger partial charge in [-0.3, -0.25) is 0 Å². The van der Waals surface area contributed by atoms with Gasteiger partial charge in [-0.25, -0.2) is 0 Å². The molecule has 0 aliphatic carbocycles. The van der Waals surface area contributed by atoms with Crippen molar-refractivity contribution in [2.75, 3.05) is 14.2 Å². The van der Waals surface area contributed by atoms with Crippen molar-refractivity contribution in [3.8, 4) is 5.75 Å². The summed E-state index contributed by atoms with van der Waals surface area (Å²) in [6.07, 6.45) is 4.83. The first-order chi connectivity index (χ1) is 8.21. The lowest BCUT2D eigenvalue weighted by Gasteiger charge is -2.14. The van der Waals surface area contributed by atoms with E-state index in [1.54, 1.807) is 14.2 Å². The predicted octanol–water partition coefficient (Wildman–Crippen LogP) is 3.75. The third-order valence-corrected chi connectivity index (χ3v) is 3.17. The molecule has 0 saturated heterocycles. The first-order valence-corrected chi connectivity index (χ1v) is 6.37. The molecule has 0 aliphatic rings. The van der Waals surface area contributed by atoms with Crippen molar-refractivity contribution >= 4 is 0 Å². The quantitative estimate of drug-likeness (QED) is 0.718. The van der Waals surface area contributed by atoms with Crippen molar-refractivity contribution in [3.63, 3.8) is 0 Å². The SMILES string of the molecule is CCCC(CCc1ccc(C)c(OC)c1)OC. The summed E-state index contributed by atoms with van der Waals surface area (Å²) >= 11 is 0. The monoisotopic (exact) mass is 236 g/mol. The summed E-state index contributed by atoms with van der Waals surface area (Å²) in [4.78, 5) is 0. The minimum atomic E-state index is 0.382. The van der Waals surface area contributed by atoms with Crippen LogP contribution in [0.5, 0.6) is 5.75 Å². The van der Waals surface area contributed by atoms with E-state index < -0.39 is 0 Å². The summed E-state index contributed by atoms with van der Waals surface area (Å²) in [5.41, 5.74) is 2.51. The number of ether oxygens (including phenoxy) is 2. The van der Waals surface area contributed by atoms with E-state index in [4.69, 9.17) is 9.47 Å². The fourth-order valence-corrected chi connectivity index (χ4v) is 2.05. The van der Waals surface area contributed by atoms with Crippen LogP contribution >= 0.6 is 0 Å². The molecule has 1 unspecified atom stereocenters. The van der Waals surface area contributed by atoms with E-state index in [-0.39, 0.29) is 0 Å². The van der Waals surface area contributed by atoms with Crippen molar-refractivity contribution < 1.29 is 9.47 Å². The molecule has 0 spiro atoms. The van der Waals surface area contributed by atoms with Gasteiger partial charge in [0, 0.05) is 7.11 Å². The van der Waals surface area contributed by atoms with Crippen molar-refractivity contribution in [2.45, 2.75) is 45.6 Å². The molecule has 1 rings (SSSR count). The van der Waals surface area contributed by atoms with E-state index in [1.807, 2.05) is 0 Å². The molecule has 17 heavy (non-hydrogen) atoms. The van der Waals surface area contributed by atoms with Crippen LogP contribution in [0.25, 0.3) is 0 Å². The van der Waals surface area contributed by atoms with Gasteiger partial charge in [-0.1, -0.05) is 25.5 Å². The molecule has 0 radical (unpaired) electrons. The van der Waals surface area contributed by atoms with Crippen LogP contribution in [0.4, 0.5) is 0 Å². The molecular formula is C15H24O2. The lowest BCUT2D eigenvalue weighted by Crippen LogP contribution is -2.11. The van der Waals surface area contributed by atoms with Gasteiger partial charge in [0.15, 0.2) is 0 Å². The lowest BCUT2D eigenvalue weighted by molar-refractivity contribution is 0.0876. The Morgan fingerprint density at radius 1 is 1.18 bits per heavy atom. The average molecular weight is 236 g/mol. The van der Waals surface area contributed by atoms with Gasteiger partial charge in [-0.05, 0) is 43.4 Å². The molecule has 2 heteroatoms. The maximum absolute atomic E-state index is 5.46. The molecule has 1 atom stereocenters. The molecule has 0 fully saturated rings. The Kier molecular flexibility index (Phi) is 6.06. The van der Waals surface area contributed by atoms with Gasteiger partial charge in [0.1, 0.15) is 5.75 Å². The van der Waals surface area contributed by atoms with Crippen molar-refractivity contribution in [1.29, 1.82) is 0 Å². The second kappa shape index (κ2) is 7.33. The van der Waals surface area contributed by atoms with Crippen LogP contribution in [0.3, 0.4) is 0 Å². The number of rotatable bonds is 7. The second-order valence-electron chi connectivity index (χ2n) is 4.49. The average Bonchev–Trinajstić information content (AvgIpc) is 2.36. The van der Waals surface area contributed by atoms with E-state index in [2.05, 4.69) is 32.0 Å². The largest absolute Gasteiger partial charge is 0.496 e. The maximum atomic E-state index is 5.46. The van der Waals surface area contributed by atoms with Crippen LogP contribution in [0, 0.1) is 6.92 Å². The van der Waals surface area contributed by atoms with E-state index in [0.717, 1.165) is 25.0 Å². The van der Waals surface area contributed by atoms with Crippen molar-refractivity contribution in [1.82, 2.24) is 0 Å².